The molecule has 0 aromatic heterocycles. The van der Waals surface area contributed by atoms with Crippen LogP contribution in [0, 0.1) is 16.7 Å². The minimum Gasteiger partial charge on any atom is -0.385 e. The van der Waals surface area contributed by atoms with E-state index in [1.165, 1.54) is 16.8 Å². The third kappa shape index (κ3) is 4.72. The SMILES string of the molecule is COCCCNc1ccc(C(=O)NC2C3(C)CCC(C3)C2(C)C)cc1S(=O)(=O)N1CCOCC1. The molecule has 2 N–H and O–H groups in total. The van der Waals surface area contributed by atoms with Crippen LogP contribution in [0.5, 0.6) is 0 Å². The Labute approximate surface area is 203 Å². The van der Waals surface area contributed by atoms with Gasteiger partial charge >= 0.3 is 0 Å². The van der Waals surface area contributed by atoms with Crippen LogP contribution < -0.4 is 10.6 Å². The highest BCUT2D eigenvalue weighted by molar-refractivity contribution is 7.89. The Morgan fingerprint density at radius 2 is 1.97 bits per heavy atom. The number of amides is 1. The van der Waals surface area contributed by atoms with Gasteiger partial charge in [0, 0.05) is 45.0 Å². The average Bonchev–Trinajstić information content (AvgIpc) is 3.31. The highest BCUT2D eigenvalue weighted by Gasteiger charge is 2.59. The molecule has 3 unspecified atom stereocenters. The van der Waals surface area contributed by atoms with Crippen molar-refractivity contribution in [1.29, 1.82) is 0 Å². The molecule has 2 bridgehead atoms. The molecule has 1 saturated heterocycles. The van der Waals surface area contributed by atoms with Crippen LogP contribution >= 0.6 is 0 Å². The molecule has 8 nitrogen and oxygen atoms in total. The van der Waals surface area contributed by atoms with Gasteiger partial charge in [0.2, 0.25) is 10.0 Å². The lowest BCUT2D eigenvalue weighted by molar-refractivity contribution is 0.0729. The van der Waals surface area contributed by atoms with Gasteiger partial charge in [-0.25, -0.2) is 8.42 Å². The van der Waals surface area contributed by atoms with E-state index in [9.17, 15) is 13.2 Å². The zero-order chi connectivity index (χ0) is 24.6. The topological polar surface area (TPSA) is 97.0 Å². The van der Waals surface area contributed by atoms with Crippen molar-refractivity contribution in [2.45, 2.75) is 57.4 Å². The summed E-state index contributed by atoms with van der Waals surface area (Å²) in [5.74, 6) is 0.398. The lowest BCUT2D eigenvalue weighted by Gasteiger charge is -2.43. The highest BCUT2D eigenvalue weighted by atomic mass is 32.2. The summed E-state index contributed by atoms with van der Waals surface area (Å²) < 4.78 is 39.0. The van der Waals surface area contributed by atoms with Gasteiger partial charge in [-0.1, -0.05) is 20.8 Å². The number of nitrogens with one attached hydrogen (secondary N) is 2. The van der Waals surface area contributed by atoms with E-state index in [4.69, 9.17) is 9.47 Å². The number of anilines is 1. The van der Waals surface area contributed by atoms with Crippen molar-refractivity contribution >= 4 is 21.6 Å². The third-order valence-corrected chi connectivity index (χ3v) is 10.2. The van der Waals surface area contributed by atoms with Crippen LogP contribution in [0.15, 0.2) is 23.1 Å². The number of carbonyl (C=O) groups is 1. The number of nitrogens with zero attached hydrogens (tertiary/aromatic N) is 1. The molecule has 1 aromatic carbocycles. The van der Waals surface area contributed by atoms with Gasteiger partial charge in [0.25, 0.3) is 5.91 Å². The molecular weight excluding hydrogens is 454 g/mol. The fraction of sp³-hybridized carbons (Fsp3) is 0.720. The van der Waals surface area contributed by atoms with E-state index in [2.05, 4.69) is 31.4 Å². The van der Waals surface area contributed by atoms with E-state index in [0.717, 1.165) is 19.3 Å². The number of benzene rings is 1. The van der Waals surface area contributed by atoms with Crippen LogP contribution in [0.3, 0.4) is 0 Å². The smallest absolute Gasteiger partial charge is 0.251 e. The molecule has 4 rings (SSSR count). The molecule has 2 aliphatic carbocycles. The predicted octanol–water partition coefficient (Wildman–Crippen LogP) is 3.10. The molecule has 3 atom stereocenters. The molecule has 0 spiro atoms. The minimum absolute atomic E-state index is 0.0220. The molecular formula is C25H39N3O5S. The summed E-state index contributed by atoms with van der Waals surface area (Å²) in [5, 5.41) is 6.52. The van der Waals surface area contributed by atoms with E-state index in [-0.39, 0.29) is 27.7 Å². The van der Waals surface area contributed by atoms with Crippen molar-refractivity contribution < 1.29 is 22.7 Å². The standard InChI is InChI=1S/C25H39N3O5S/c1-24(2)19-8-9-25(3,17-19)23(24)27-22(29)18-6-7-20(26-10-5-13-32-4)21(16-18)34(30,31)28-11-14-33-15-12-28/h6-7,16,19,23,26H,5,8-15,17H2,1-4H3,(H,27,29). The highest BCUT2D eigenvalue weighted by Crippen LogP contribution is 2.62. The Hall–Kier alpha value is -1.68. The van der Waals surface area contributed by atoms with Crippen molar-refractivity contribution in [3.8, 4) is 0 Å². The van der Waals surface area contributed by atoms with Crippen LogP contribution in [0.25, 0.3) is 0 Å². The second kappa shape index (κ2) is 9.76. The van der Waals surface area contributed by atoms with Crippen molar-refractivity contribution in [3.63, 3.8) is 0 Å². The Bertz CT molecular complexity index is 1000. The van der Waals surface area contributed by atoms with E-state index < -0.39 is 10.0 Å². The predicted molar refractivity (Wildman–Crippen MR) is 131 cm³/mol. The van der Waals surface area contributed by atoms with E-state index in [0.29, 0.717) is 56.6 Å². The van der Waals surface area contributed by atoms with Crippen molar-refractivity contribution in [2.75, 3.05) is 51.9 Å². The quantitative estimate of drug-likeness (QED) is 0.513. The van der Waals surface area contributed by atoms with Crippen LogP contribution in [0.2, 0.25) is 0 Å². The van der Waals surface area contributed by atoms with Gasteiger partial charge in [-0.2, -0.15) is 4.31 Å². The number of rotatable bonds is 9. The Balaban J connectivity index is 1.60. The van der Waals surface area contributed by atoms with E-state index in [1.54, 1.807) is 19.2 Å². The van der Waals surface area contributed by atoms with Crippen LogP contribution in [0.1, 0.15) is 56.8 Å². The van der Waals surface area contributed by atoms with Crippen molar-refractivity contribution in [3.05, 3.63) is 23.8 Å². The monoisotopic (exact) mass is 493 g/mol. The average molecular weight is 494 g/mol. The lowest BCUT2D eigenvalue weighted by atomic mass is 9.68. The van der Waals surface area contributed by atoms with Crippen molar-refractivity contribution in [2.24, 2.45) is 16.7 Å². The third-order valence-electron chi connectivity index (χ3n) is 8.22. The van der Waals surface area contributed by atoms with Crippen LogP contribution in [-0.4, -0.2) is 71.2 Å². The molecule has 1 aromatic rings. The minimum atomic E-state index is -3.78. The Kier molecular flexibility index (Phi) is 7.29. The fourth-order valence-corrected chi connectivity index (χ4v) is 7.87. The lowest BCUT2D eigenvalue weighted by Crippen LogP contribution is -2.52. The zero-order valence-corrected chi connectivity index (χ0v) is 21.7. The van der Waals surface area contributed by atoms with Crippen LogP contribution in [-0.2, 0) is 19.5 Å². The second-order valence-corrected chi connectivity index (χ2v) is 12.7. The van der Waals surface area contributed by atoms with Gasteiger partial charge in [-0.3, -0.25) is 4.79 Å². The van der Waals surface area contributed by atoms with Crippen molar-refractivity contribution in [1.82, 2.24) is 9.62 Å². The molecule has 2 saturated carbocycles. The molecule has 190 valence electrons. The summed E-state index contributed by atoms with van der Waals surface area (Å²) in [6.07, 6.45) is 4.20. The number of hydrogen-bond donors (Lipinski definition) is 2. The number of methoxy groups -OCH3 is 1. The Morgan fingerprint density at radius 3 is 2.62 bits per heavy atom. The number of morpholine rings is 1. The summed E-state index contributed by atoms with van der Waals surface area (Å²) in [7, 11) is -2.14. The first-order chi connectivity index (χ1) is 16.1. The van der Waals surface area contributed by atoms with Gasteiger partial charge in [0.05, 0.1) is 18.9 Å². The van der Waals surface area contributed by atoms with Gasteiger partial charge in [-0.05, 0) is 60.6 Å². The molecule has 3 aliphatic rings. The maximum absolute atomic E-state index is 13.5. The molecule has 0 radical (unpaired) electrons. The largest absolute Gasteiger partial charge is 0.385 e. The van der Waals surface area contributed by atoms with Gasteiger partial charge < -0.3 is 20.1 Å². The molecule has 1 amide bonds. The van der Waals surface area contributed by atoms with Crippen LogP contribution in [0.4, 0.5) is 5.69 Å². The Morgan fingerprint density at radius 1 is 1.24 bits per heavy atom. The molecule has 1 heterocycles. The summed E-state index contributed by atoms with van der Waals surface area (Å²) in [4.78, 5) is 13.5. The summed E-state index contributed by atoms with van der Waals surface area (Å²) in [5.41, 5.74) is 0.992. The number of carbonyl (C=O) groups excluding carboxylic acids is 1. The normalized spacial score (nSPS) is 28.7. The number of sulfonamides is 1. The first kappa shape index (κ1) is 25.4. The van der Waals surface area contributed by atoms with Gasteiger partial charge in [-0.15, -0.1) is 0 Å². The number of ether oxygens (including phenoxy) is 2. The number of fused-ring (bicyclic) bond motifs is 2. The molecule has 9 heteroatoms. The summed E-state index contributed by atoms with van der Waals surface area (Å²) in [6.45, 7) is 9.25. The first-order valence-electron chi connectivity index (χ1n) is 12.4. The second-order valence-electron chi connectivity index (χ2n) is 10.8. The number of hydrogen-bond acceptors (Lipinski definition) is 6. The molecule has 34 heavy (non-hydrogen) atoms. The zero-order valence-electron chi connectivity index (χ0n) is 20.9. The van der Waals surface area contributed by atoms with Gasteiger partial charge in [0.1, 0.15) is 4.90 Å². The maximum Gasteiger partial charge on any atom is 0.251 e. The summed E-state index contributed by atoms with van der Waals surface area (Å²) >= 11 is 0. The van der Waals surface area contributed by atoms with Gasteiger partial charge in [0.15, 0.2) is 0 Å². The maximum atomic E-state index is 13.5. The first-order valence-corrected chi connectivity index (χ1v) is 13.8. The molecule has 3 fully saturated rings. The fourth-order valence-electron chi connectivity index (χ4n) is 6.27. The molecule has 1 aliphatic heterocycles. The van der Waals surface area contributed by atoms with E-state index in [1.807, 2.05) is 0 Å². The van der Waals surface area contributed by atoms with E-state index >= 15 is 0 Å². The summed E-state index contributed by atoms with van der Waals surface area (Å²) in [6, 6.07) is 5.02.